The van der Waals surface area contributed by atoms with Crippen LogP contribution in [0.2, 0.25) is 0 Å². The third kappa shape index (κ3) is 6.74. The van der Waals surface area contributed by atoms with Gasteiger partial charge >= 0.3 is 5.97 Å². The summed E-state index contributed by atoms with van der Waals surface area (Å²) in [5.74, 6) is -0.283. The van der Waals surface area contributed by atoms with Crippen molar-refractivity contribution in [3.05, 3.63) is 44.6 Å². The summed E-state index contributed by atoms with van der Waals surface area (Å²) >= 11 is 4.13. The number of anilines is 1. The van der Waals surface area contributed by atoms with Gasteiger partial charge in [0.15, 0.2) is 4.80 Å². The van der Waals surface area contributed by atoms with E-state index in [0.29, 0.717) is 41.0 Å². The number of esters is 1. The van der Waals surface area contributed by atoms with E-state index in [-0.39, 0.29) is 23.3 Å². The summed E-state index contributed by atoms with van der Waals surface area (Å²) in [7, 11) is 1.35. The Bertz CT molecular complexity index is 1400. The van der Waals surface area contributed by atoms with Gasteiger partial charge in [0, 0.05) is 18.0 Å². The van der Waals surface area contributed by atoms with Gasteiger partial charge in [-0.05, 0) is 62.3 Å². The number of aryl methyl sites for hydroxylation is 1. The van der Waals surface area contributed by atoms with E-state index in [4.69, 9.17) is 9.47 Å². The van der Waals surface area contributed by atoms with Gasteiger partial charge in [-0.25, -0.2) is 4.79 Å². The number of aromatic nitrogens is 1. The fourth-order valence-electron chi connectivity index (χ4n) is 4.47. The number of nitrogens with zero attached hydrogens (tertiary/aromatic N) is 2. The van der Waals surface area contributed by atoms with E-state index in [0.717, 1.165) is 45.5 Å². The van der Waals surface area contributed by atoms with Crippen molar-refractivity contribution in [2.24, 2.45) is 10.9 Å². The lowest BCUT2D eigenvalue weighted by molar-refractivity contribution is -0.115. The van der Waals surface area contributed by atoms with E-state index < -0.39 is 5.97 Å². The van der Waals surface area contributed by atoms with Gasteiger partial charge < -0.3 is 19.4 Å². The molecule has 0 saturated carbocycles. The highest BCUT2D eigenvalue weighted by atomic mass is 32.2. The average molecular weight is 576 g/mol. The molecule has 2 heterocycles. The second kappa shape index (κ2) is 13.1. The molecule has 0 spiro atoms. The first-order valence-corrected chi connectivity index (χ1v) is 15.4. The number of thiophene rings is 1. The summed E-state index contributed by atoms with van der Waals surface area (Å²) in [5, 5.41) is 3.42. The zero-order valence-electron chi connectivity index (χ0n) is 22.1. The summed E-state index contributed by atoms with van der Waals surface area (Å²) in [4.78, 5) is 44.0. The maximum Gasteiger partial charge on any atom is 0.341 e. The van der Waals surface area contributed by atoms with Crippen molar-refractivity contribution >= 4 is 67.4 Å². The van der Waals surface area contributed by atoms with Gasteiger partial charge in [0.25, 0.3) is 5.91 Å². The molecule has 1 unspecified atom stereocenters. The Morgan fingerprint density at radius 1 is 1.24 bits per heavy atom. The summed E-state index contributed by atoms with van der Waals surface area (Å²) in [5.41, 5.74) is 3.63. The highest BCUT2D eigenvalue weighted by molar-refractivity contribution is 8.00. The molecule has 2 amide bonds. The van der Waals surface area contributed by atoms with E-state index in [1.165, 1.54) is 41.5 Å². The number of fused-ring (bicyclic) bond motifs is 2. The third-order valence-electron chi connectivity index (χ3n) is 6.33. The number of methoxy groups -OCH3 is 1. The minimum absolute atomic E-state index is 0.0778. The third-order valence-corrected chi connectivity index (χ3v) is 9.46. The van der Waals surface area contributed by atoms with Gasteiger partial charge in [0.05, 0.1) is 41.0 Å². The number of thiazole rings is 1. The molecular formula is C27H33N3O5S3. The Labute approximate surface area is 234 Å². The molecule has 204 valence electrons. The number of thioether (sulfide) groups is 1. The molecule has 0 aliphatic heterocycles. The number of carbonyl (C=O) groups is 3. The number of amides is 2. The molecule has 1 atom stereocenters. The molecule has 0 radical (unpaired) electrons. The van der Waals surface area contributed by atoms with Crippen molar-refractivity contribution in [1.82, 2.24) is 4.57 Å². The number of nitrogens with one attached hydrogen (secondary N) is 1. The summed E-state index contributed by atoms with van der Waals surface area (Å²) in [6.45, 7) is 7.94. The van der Waals surface area contributed by atoms with Crippen molar-refractivity contribution in [2.75, 3.05) is 37.1 Å². The monoisotopic (exact) mass is 575 g/mol. The molecule has 8 nitrogen and oxygen atoms in total. The van der Waals surface area contributed by atoms with Crippen LogP contribution in [0.4, 0.5) is 5.00 Å². The Hall–Kier alpha value is -2.47. The topological polar surface area (TPSA) is 99.0 Å². The van der Waals surface area contributed by atoms with Crippen molar-refractivity contribution < 1.29 is 23.9 Å². The van der Waals surface area contributed by atoms with Crippen molar-refractivity contribution in [3.63, 3.8) is 0 Å². The van der Waals surface area contributed by atoms with Gasteiger partial charge in [-0.2, -0.15) is 4.99 Å². The number of rotatable bonds is 10. The molecule has 1 N–H and O–H groups in total. The summed E-state index contributed by atoms with van der Waals surface area (Å²) < 4.78 is 13.6. The van der Waals surface area contributed by atoms with Crippen LogP contribution in [0.25, 0.3) is 10.2 Å². The van der Waals surface area contributed by atoms with Crippen LogP contribution >= 0.6 is 34.4 Å². The van der Waals surface area contributed by atoms with Crippen LogP contribution in [0, 0.1) is 12.8 Å². The predicted molar refractivity (Wildman–Crippen MR) is 154 cm³/mol. The van der Waals surface area contributed by atoms with Crippen LogP contribution in [0.5, 0.6) is 0 Å². The van der Waals surface area contributed by atoms with E-state index in [1.54, 1.807) is 0 Å². The Kier molecular flexibility index (Phi) is 9.80. The largest absolute Gasteiger partial charge is 0.465 e. The van der Waals surface area contributed by atoms with Crippen molar-refractivity contribution in [1.29, 1.82) is 0 Å². The first kappa shape index (κ1) is 28.5. The molecule has 2 aromatic heterocycles. The van der Waals surface area contributed by atoms with Crippen LogP contribution in [0.1, 0.15) is 46.6 Å². The predicted octanol–water partition coefficient (Wildman–Crippen LogP) is 4.82. The zero-order valence-corrected chi connectivity index (χ0v) is 24.6. The molecule has 1 aromatic carbocycles. The van der Waals surface area contributed by atoms with Gasteiger partial charge in [0.2, 0.25) is 5.91 Å². The molecule has 0 saturated heterocycles. The molecule has 1 aliphatic carbocycles. The molecule has 11 heteroatoms. The van der Waals surface area contributed by atoms with Gasteiger partial charge in [-0.1, -0.05) is 24.3 Å². The number of carbonyl (C=O) groups excluding carboxylic acids is 3. The maximum absolute atomic E-state index is 12.7. The number of hydrogen-bond donors (Lipinski definition) is 1. The van der Waals surface area contributed by atoms with E-state index >= 15 is 0 Å². The number of hydrogen-bond acceptors (Lipinski definition) is 8. The minimum Gasteiger partial charge on any atom is -0.465 e. The van der Waals surface area contributed by atoms with Gasteiger partial charge in [-0.3, -0.25) is 9.59 Å². The first-order valence-electron chi connectivity index (χ1n) is 12.7. The normalized spacial score (nSPS) is 15.5. The highest BCUT2D eigenvalue weighted by Crippen LogP contribution is 2.40. The van der Waals surface area contributed by atoms with E-state index in [2.05, 4.69) is 23.3 Å². The lowest BCUT2D eigenvalue weighted by Crippen LogP contribution is -2.20. The van der Waals surface area contributed by atoms with Crippen LogP contribution in [-0.2, 0) is 38.4 Å². The first-order chi connectivity index (χ1) is 18.3. The van der Waals surface area contributed by atoms with Crippen LogP contribution < -0.4 is 10.1 Å². The number of benzene rings is 1. The second-order valence-corrected chi connectivity index (χ2v) is 12.4. The fourth-order valence-corrected chi connectivity index (χ4v) is 7.66. The van der Waals surface area contributed by atoms with Crippen molar-refractivity contribution in [2.45, 2.75) is 46.6 Å². The fraction of sp³-hybridized carbons (Fsp3) is 0.481. The number of ether oxygens (including phenoxy) is 2. The van der Waals surface area contributed by atoms with Crippen LogP contribution in [-0.4, -0.2) is 54.2 Å². The minimum atomic E-state index is -0.426. The zero-order chi connectivity index (χ0) is 27.2. The average Bonchev–Trinajstić information content (AvgIpc) is 3.39. The molecule has 0 bridgehead atoms. The van der Waals surface area contributed by atoms with Crippen LogP contribution in [0.3, 0.4) is 0 Å². The molecule has 0 fully saturated rings. The molecular weight excluding hydrogens is 543 g/mol. The summed E-state index contributed by atoms with van der Waals surface area (Å²) in [6, 6.07) is 6.18. The lowest BCUT2D eigenvalue weighted by Gasteiger charge is -2.18. The molecule has 3 aromatic rings. The Morgan fingerprint density at radius 2 is 2.05 bits per heavy atom. The van der Waals surface area contributed by atoms with Crippen LogP contribution in [0.15, 0.2) is 23.2 Å². The van der Waals surface area contributed by atoms with E-state index in [1.807, 2.05) is 30.5 Å². The molecule has 4 rings (SSSR count). The van der Waals surface area contributed by atoms with Gasteiger partial charge in [0.1, 0.15) is 5.00 Å². The standard InChI is InChI=1S/C27H33N3O5S3/c1-5-35-11-10-30-19-9-7-17(3)13-21(19)38-27(30)29-23(32)15-36-14-22(31)28-25-24(26(33)34-4)18-8-6-16(2)12-20(18)37-25/h7,9,13,16H,5-6,8,10-12,14-15H2,1-4H3,(H,28,31). The lowest BCUT2D eigenvalue weighted by atomic mass is 9.88. The smallest absolute Gasteiger partial charge is 0.341 e. The maximum atomic E-state index is 12.7. The van der Waals surface area contributed by atoms with Crippen molar-refractivity contribution in [3.8, 4) is 0 Å². The molecule has 1 aliphatic rings. The van der Waals surface area contributed by atoms with E-state index in [9.17, 15) is 14.4 Å². The second-order valence-electron chi connectivity index (χ2n) is 9.30. The SMILES string of the molecule is CCOCCn1c(=NC(=O)CSCC(=O)Nc2sc3c(c2C(=O)OC)CCC(C)C3)sc2cc(C)ccc21. The molecule has 38 heavy (non-hydrogen) atoms. The highest BCUT2D eigenvalue weighted by Gasteiger charge is 2.28. The Morgan fingerprint density at radius 3 is 2.82 bits per heavy atom. The van der Waals surface area contributed by atoms with Gasteiger partial charge in [-0.15, -0.1) is 23.1 Å². The Balaban J connectivity index is 1.41. The quantitative estimate of drug-likeness (QED) is 0.275. The summed E-state index contributed by atoms with van der Waals surface area (Å²) in [6.07, 6.45) is 2.71.